The Labute approximate surface area is 158 Å². The molecule has 1 aliphatic heterocycles. The SMILES string of the molecule is CCCNC(=O)CC1CSc2nc3c(cnn3-c3ccc(F)cc3)c(=O)n21. The maximum atomic E-state index is 13.2. The highest BCUT2D eigenvalue weighted by molar-refractivity contribution is 7.99. The van der Waals surface area contributed by atoms with Crippen molar-refractivity contribution in [2.24, 2.45) is 0 Å². The second-order valence-electron chi connectivity index (χ2n) is 6.36. The summed E-state index contributed by atoms with van der Waals surface area (Å²) in [5.41, 5.74) is 0.852. The summed E-state index contributed by atoms with van der Waals surface area (Å²) in [7, 11) is 0. The Morgan fingerprint density at radius 1 is 1.37 bits per heavy atom. The summed E-state index contributed by atoms with van der Waals surface area (Å²) in [4.78, 5) is 29.6. The van der Waals surface area contributed by atoms with Gasteiger partial charge in [0.05, 0.1) is 17.9 Å². The monoisotopic (exact) mass is 387 g/mol. The summed E-state index contributed by atoms with van der Waals surface area (Å²) in [5.74, 6) is 0.214. The van der Waals surface area contributed by atoms with Crippen LogP contribution in [0.2, 0.25) is 0 Å². The lowest BCUT2D eigenvalue weighted by Crippen LogP contribution is -2.31. The molecule has 3 aromatic rings. The van der Waals surface area contributed by atoms with Crippen LogP contribution in [0.25, 0.3) is 16.7 Å². The molecule has 140 valence electrons. The number of thioether (sulfide) groups is 1. The molecule has 1 amide bonds. The number of hydrogen-bond acceptors (Lipinski definition) is 5. The number of rotatable bonds is 5. The van der Waals surface area contributed by atoms with E-state index in [0.717, 1.165) is 6.42 Å². The molecule has 4 rings (SSSR count). The summed E-state index contributed by atoms with van der Waals surface area (Å²) < 4.78 is 16.3. The molecular formula is C18H18FN5O2S. The average Bonchev–Trinajstić information content (AvgIpc) is 3.26. The van der Waals surface area contributed by atoms with Crippen LogP contribution in [0.5, 0.6) is 0 Å². The molecule has 1 aromatic carbocycles. The molecule has 9 heteroatoms. The molecule has 1 atom stereocenters. The van der Waals surface area contributed by atoms with Gasteiger partial charge in [-0.1, -0.05) is 18.7 Å². The fourth-order valence-electron chi connectivity index (χ4n) is 3.10. The van der Waals surface area contributed by atoms with Crippen molar-refractivity contribution in [3.8, 4) is 5.69 Å². The highest BCUT2D eigenvalue weighted by Crippen LogP contribution is 2.33. The van der Waals surface area contributed by atoms with Crippen LogP contribution in [0.15, 0.2) is 40.4 Å². The van der Waals surface area contributed by atoms with E-state index in [4.69, 9.17) is 0 Å². The Balaban J connectivity index is 1.71. The van der Waals surface area contributed by atoms with E-state index in [1.807, 2.05) is 6.92 Å². The topological polar surface area (TPSA) is 81.8 Å². The number of benzene rings is 1. The first-order valence-corrected chi connectivity index (χ1v) is 9.72. The molecule has 1 unspecified atom stereocenters. The van der Waals surface area contributed by atoms with Crippen molar-refractivity contribution >= 4 is 28.7 Å². The maximum Gasteiger partial charge on any atom is 0.265 e. The minimum atomic E-state index is -0.344. The molecular weight excluding hydrogens is 369 g/mol. The third-order valence-electron chi connectivity index (χ3n) is 4.44. The maximum absolute atomic E-state index is 13.2. The van der Waals surface area contributed by atoms with Crippen LogP contribution < -0.4 is 10.9 Å². The number of nitrogens with one attached hydrogen (secondary N) is 1. The highest BCUT2D eigenvalue weighted by Gasteiger charge is 2.29. The number of hydrogen-bond donors (Lipinski definition) is 1. The van der Waals surface area contributed by atoms with Crippen LogP contribution in [0.4, 0.5) is 4.39 Å². The van der Waals surface area contributed by atoms with E-state index >= 15 is 0 Å². The molecule has 7 nitrogen and oxygen atoms in total. The first kappa shape index (κ1) is 17.7. The van der Waals surface area contributed by atoms with Gasteiger partial charge in [0.15, 0.2) is 10.8 Å². The number of nitrogens with zero attached hydrogens (tertiary/aromatic N) is 4. The Hall–Kier alpha value is -2.68. The Bertz CT molecular complexity index is 1060. The van der Waals surface area contributed by atoms with Crippen molar-refractivity contribution in [1.82, 2.24) is 24.6 Å². The van der Waals surface area contributed by atoms with Crippen molar-refractivity contribution in [3.63, 3.8) is 0 Å². The van der Waals surface area contributed by atoms with E-state index in [9.17, 15) is 14.0 Å². The third-order valence-corrected chi connectivity index (χ3v) is 5.53. The molecule has 0 saturated carbocycles. The van der Waals surface area contributed by atoms with Gasteiger partial charge in [-0.2, -0.15) is 5.10 Å². The van der Waals surface area contributed by atoms with Crippen LogP contribution in [0.1, 0.15) is 25.8 Å². The van der Waals surface area contributed by atoms with E-state index in [2.05, 4.69) is 15.4 Å². The van der Waals surface area contributed by atoms with Gasteiger partial charge in [-0.15, -0.1) is 0 Å². The molecule has 3 heterocycles. The molecule has 0 aliphatic carbocycles. The zero-order valence-electron chi connectivity index (χ0n) is 14.7. The average molecular weight is 387 g/mol. The van der Waals surface area contributed by atoms with Crippen molar-refractivity contribution in [1.29, 1.82) is 0 Å². The molecule has 0 saturated heterocycles. The number of fused-ring (bicyclic) bond motifs is 2. The first-order valence-electron chi connectivity index (χ1n) is 8.74. The second-order valence-corrected chi connectivity index (χ2v) is 7.35. The van der Waals surface area contributed by atoms with Crippen LogP contribution in [-0.4, -0.2) is 37.5 Å². The van der Waals surface area contributed by atoms with Crippen molar-refractivity contribution in [2.75, 3.05) is 12.3 Å². The van der Waals surface area contributed by atoms with Crippen LogP contribution in [-0.2, 0) is 4.79 Å². The highest BCUT2D eigenvalue weighted by atomic mass is 32.2. The lowest BCUT2D eigenvalue weighted by atomic mass is 10.2. The van der Waals surface area contributed by atoms with Crippen molar-refractivity contribution < 1.29 is 9.18 Å². The number of aromatic nitrogens is 4. The molecule has 0 radical (unpaired) electrons. The van der Waals surface area contributed by atoms with Gasteiger partial charge in [0.2, 0.25) is 5.91 Å². The van der Waals surface area contributed by atoms with E-state index in [1.54, 1.807) is 16.7 Å². The minimum absolute atomic E-state index is 0.0655. The number of amides is 1. The molecule has 1 N–H and O–H groups in total. The van der Waals surface area contributed by atoms with E-state index < -0.39 is 0 Å². The number of carbonyl (C=O) groups is 1. The second kappa shape index (κ2) is 7.15. The van der Waals surface area contributed by atoms with Crippen LogP contribution >= 0.6 is 11.8 Å². The van der Waals surface area contributed by atoms with Crippen LogP contribution in [0, 0.1) is 5.82 Å². The van der Waals surface area contributed by atoms with Crippen molar-refractivity contribution in [2.45, 2.75) is 31.0 Å². The van der Waals surface area contributed by atoms with E-state index in [-0.39, 0.29) is 29.7 Å². The predicted molar refractivity (Wildman–Crippen MR) is 101 cm³/mol. The van der Waals surface area contributed by atoms with Gasteiger partial charge in [0.1, 0.15) is 11.2 Å². The van der Waals surface area contributed by atoms with Gasteiger partial charge in [0, 0.05) is 18.7 Å². The normalized spacial score (nSPS) is 15.9. The molecule has 1 aliphatic rings. The first-order chi connectivity index (χ1) is 13.1. The number of halogens is 1. The van der Waals surface area contributed by atoms with E-state index in [0.29, 0.717) is 34.2 Å². The Morgan fingerprint density at radius 3 is 2.89 bits per heavy atom. The van der Waals surface area contributed by atoms with Gasteiger partial charge < -0.3 is 5.32 Å². The van der Waals surface area contributed by atoms with E-state index in [1.165, 1.54) is 34.8 Å². The smallest absolute Gasteiger partial charge is 0.265 e. The molecule has 2 aromatic heterocycles. The fourth-order valence-corrected chi connectivity index (χ4v) is 4.23. The molecule has 0 spiro atoms. The van der Waals surface area contributed by atoms with Gasteiger partial charge in [-0.3, -0.25) is 14.2 Å². The fraction of sp³-hybridized carbons (Fsp3) is 0.333. The quantitative estimate of drug-likeness (QED) is 0.680. The minimum Gasteiger partial charge on any atom is -0.356 e. The van der Waals surface area contributed by atoms with Crippen molar-refractivity contribution in [3.05, 3.63) is 46.6 Å². The van der Waals surface area contributed by atoms with Gasteiger partial charge in [-0.05, 0) is 30.7 Å². The summed E-state index contributed by atoms with van der Waals surface area (Å²) in [6.45, 7) is 2.62. The zero-order valence-corrected chi connectivity index (χ0v) is 15.5. The van der Waals surface area contributed by atoms with Crippen LogP contribution in [0.3, 0.4) is 0 Å². The Morgan fingerprint density at radius 2 is 2.15 bits per heavy atom. The third kappa shape index (κ3) is 3.23. The summed E-state index contributed by atoms with van der Waals surface area (Å²) in [5, 5.41) is 8.05. The lowest BCUT2D eigenvalue weighted by molar-refractivity contribution is -0.121. The predicted octanol–water partition coefficient (Wildman–Crippen LogP) is 2.28. The Kier molecular flexibility index (Phi) is 4.69. The number of carbonyl (C=O) groups excluding carboxylic acids is 1. The summed E-state index contributed by atoms with van der Waals surface area (Å²) >= 11 is 1.45. The van der Waals surface area contributed by atoms with Gasteiger partial charge in [0.25, 0.3) is 5.56 Å². The molecule has 0 bridgehead atoms. The standard InChI is InChI=1S/C18H18FN5O2S/c1-2-7-20-15(25)8-13-10-27-18-22-16-14(17(26)23(13)18)9-21-24(16)12-5-3-11(19)4-6-12/h3-6,9,13H,2,7-8,10H2,1H3,(H,20,25). The summed E-state index contributed by atoms with van der Waals surface area (Å²) in [6.07, 6.45) is 2.59. The lowest BCUT2D eigenvalue weighted by Gasteiger charge is -2.13. The molecule has 0 fully saturated rings. The largest absolute Gasteiger partial charge is 0.356 e. The summed E-state index contributed by atoms with van der Waals surface area (Å²) in [6, 6.07) is 5.62. The zero-order chi connectivity index (χ0) is 19.0. The molecule has 27 heavy (non-hydrogen) atoms. The van der Waals surface area contributed by atoms with Gasteiger partial charge in [-0.25, -0.2) is 14.1 Å². The van der Waals surface area contributed by atoms with Gasteiger partial charge >= 0.3 is 0 Å².